The second-order valence-electron chi connectivity index (χ2n) is 4.37. The first kappa shape index (κ1) is 11.9. The van der Waals surface area contributed by atoms with Gasteiger partial charge in [-0.1, -0.05) is 12.1 Å². The minimum atomic E-state index is -0.111. The summed E-state index contributed by atoms with van der Waals surface area (Å²) in [5, 5.41) is 7.51. The Hall–Kier alpha value is -0.550. The van der Waals surface area contributed by atoms with Gasteiger partial charge in [0.05, 0.1) is 11.3 Å². The van der Waals surface area contributed by atoms with Gasteiger partial charge < -0.3 is 9.84 Å². The van der Waals surface area contributed by atoms with Crippen molar-refractivity contribution < 1.29 is 4.52 Å². The first-order valence-electron chi connectivity index (χ1n) is 5.90. The summed E-state index contributed by atoms with van der Waals surface area (Å²) in [6, 6.07) is 0. The maximum atomic E-state index is 5.37. The van der Waals surface area contributed by atoms with E-state index in [9.17, 15) is 0 Å². The molecule has 1 aromatic rings. The molecule has 4 nitrogen and oxygen atoms in total. The fraction of sp³-hybridized carbons (Fsp3) is 0.818. The lowest BCUT2D eigenvalue weighted by Crippen LogP contribution is -2.43. The number of thioether (sulfide) groups is 1. The lowest BCUT2D eigenvalue weighted by molar-refractivity contribution is 0.206. The molecule has 16 heavy (non-hydrogen) atoms. The first-order chi connectivity index (χ1) is 7.74. The van der Waals surface area contributed by atoms with E-state index in [-0.39, 0.29) is 5.54 Å². The summed E-state index contributed by atoms with van der Waals surface area (Å²) in [7, 11) is 0. The lowest BCUT2D eigenvalue weighted by Gasteiger charge is -2.31. The van der Waals surface area contributed by atoms with Gasteiger partial charge in [0.15, 0.2) is 5.82 Å². The molecule has 0 amide bonds. The van der Waals surface area contributed by atoms with Gasteiger partial charge in [0, 0.05) is 0 Å². The van der Waals surface area contributed by atoms with Crippen LogP contribution < -0.4 is 5.32 Å². The molecule has 1 unspecified atom stereocenters. The van der Waals surface area contributed by atoms with E-state index in [0.29, 0.717) is 0 Å². The summed E-state index contributed by atoms with van der Waals surface area (Å²) >= 11 is 1.81. The van der Waals surface area contributed by atoms with Crippen molar-refractivity contribution in [3.8, 4) is 0 Å². The van der Waals surface area contributed by atoms with Crippen LogP contribution in [-0.2, 0) is 11.3 Å². The third-order valence-corrected chi connectivity index (χ3v) is 3.86. The normalized spacial score (nSPS) is 25.9. The topological polar surface area (TPSA) is 51.0 Å². The molecule has 1 fully saturated rings. The molecule has 0 spiro atoms. The maximum Gasteiger partial charge on any atom is 0.246 e. The Kier molecular flexibility index (Phi) is 3.86. The summed E-state index contributed by atoms with van der Waals surface area (Å²) in [5.41, 5.74) is -0.111. The molecule has 1 aromatic heterocycles. The Labute approximate surface area is 101 Å². The predicted octanol–water partition coefficient (Wildman–Crippen LogP) is 2.31. The highest BCUT2D eigenvalue weighted by Gasteiger charge is 2.33. The van der Waals surface area contributed by atoms with Crippen LogP contribution in [0.25, 0.3) is 0 Å². The molecular formula is C11H19N3OS. The molecule has 90 valence electrons. The number of nitrogens with one attached hydrogen (secondary N) is 1. The number of rotatable bonds is 4. The molecule has 0 radical (unpaired) electrons. The van der Waals surface area contributed by atoms with Crippen molar-refractivity contribution >= 4 is 11.8 Å². The van der Waals surface area contributed by atoms with Crippen molar-refractivity contribution in [2.75, 3.05) is 12.3 Å². The molecule has 0 saturated carbocycles. The molecule has 0 aliphatic carbocycles. The Bertz CT molecular complexity index is 334. The second kappa shape index (κ2) is 5.19. The van der Waals surface area contributed by atoms with E-state index in [1.807, 2.05) is 11.8 Å². The molecule has 1 N–H and O–H groups in total. The highest BCUT2D eigenvalue weighted by Crippen LogP contribution is 2.28. The standard InChI is InChI=1S/C11H19N3OS/c1-3-16-8-9-13-10(15-14-9)11(2)6-4-5-7-12-11/h12H,3-8H2,1-2H3. The first-order valence-corrected chi connectivity index (χ1v) is 7.06. The van der Waals surface area contributed by atoms with Gasteiger partial charge in [-0.2, -0.15) is 16.7 Å². The minimum Gasteiger partial charge on any atom is -0.337 e. The Balaban J connectivity index is 2.05. The van der Waals surface area contributed by atoms with Crippen LogP contribution in [0.2, 0.25) is 0 Å². The van der Waals surface area contributed by atoms with Crippen LogP contribution in [0.5, 0.6) is 0 Å². The number of hydrogen-bond donors (Lipinski definition) is 1. The van der Waals surface area contributed by atoms with Crippen LogP contribution in [-0.4, -0.2) is 22.4 Å². The number of nitrogens with zero attached hydrogens (tertiary/aromatic N) is 2. The fourth-order valence-corrected chi connectivity index (χ4v) is 2.47. The summed E-state index contributed by atoms with van der Waals surface area (Å²) in [6.45, 7) is 5.32. The summed E-state index contributed by atoms with van der Waals surface area (Å²) < 4.78 is 5.37. The predicted molar refractivity (Wildman–Crippen MR) is 65.3 cm³/mol. The Morgan fingerprint density at radius 2 is 2.38 bits per heavy atom. The Morgan fingerprint density at radius 3 is 3.06 bits per heavy atom. The van der Waals surface area contributed by atoms with E-state index < -0.39 is 0 Å². The second-order valence-corrected chi connectivity index (χ2v) is 5.64. The Morgan fingerprint density at radius 1 is 1.50 bits per heavy atom. The van der Waals surface area contributed by atoms with Crippen molar-refractivity contribution in [3.05, 3.63) is 11.7 Å². The molecule has 5 heteroatoms. The van der Waals surface area contributed by atoms with Crippen molar-refractivity contribution in [1.82, 2.24) is 15.5 Å². The third-order valence-electron chi connectivity index (χ3n) is 2.99. The highest BCUT2D eigenvalue weighted by molar-refractivity contribution is 7.98. The molecule has 0 bridgehead atoms. The molecule has 2 heterocycles. The molecule has 1 aliphatic rings. The maximum absolute atomic E-state index is 5.37. The summed E-state index contributed by atoms with van der Waals surface area (Å²) in [6.07, 6.45) is 3.54. The van der Waals surface area contributed by atoms with Gasteiger partial charge in [-0.05, 0) is 38.5 Å². The zero-order valence-electron chi connectivity index (χ0n) is 9.95. The largest absolute Gasteiger partial charge is 0.337 e. The van der Waals surface area contributed by atoms with Gasteiger partial charge >= 0.3 is 0 Å². The molecular weight excluding hydrogens is 222 g/mol. The van der Waals surface area contributed by atoms with Gasteiger partial charge in [-0.25, -0.2) is 0 Å². The van der Waals surface area contributed by atoms with Crippen molar-refractivity contribution in [2.24, 2.45) is 0 Å². The van der Waals surface area contributed by atoms with Crippen molar-refractivity contribution in [1.29, 1.82) is 0 Å². The average Bonchev–Trinajstić information content (AvgIpc) is 2.77. The van der Waals surface area contributed by atoms with E-state index in [1.165, 1.54) is 12.8 Å². The van der Waals surface area contributed by atoms with Gasteiger partial charge in [-0.15, -0.1) is 0 Å². The van der Waals surface area contributed by atoms with Crippen LogP contribution in [0.4, 0.5) is 0 Å². The molecule has 2 rings (SSSR count). The minimum absolute atomic E-state index is 0.111. The van der Waals surface area contributed by atoms with E-state index >= 15 is 0 Å². The van der Waals surface area contributed by atoms with Crippen LogP contribution in [0.15, 0.2) is 4.52 Å². The zero-order chi connectivity index (χ0) is 11.4. The van der Waals surface area contributed by atoms with Gasteiger partial charge in [0.2, 0.25) is 5.89 Å². The smallest absolute Gasteiger partial charge is 0.246 e. The molecule has 1 saturated heterocycles. The van der Waals surface area contributed by atoms with Crippen molar-refractivity contribution in [2.45, 2.75) is 44.4 Å². The van der Waals surface area contributed by atoms with Gasteiger partial charge in [0.1, 0.15) is 0 Å². The van der Waals surface area contributed by atoms with E-state index in [4.69, 9.17) is 4.52 Å². The van der Waals surface area contributed by atoms with E-state index in [1.54, 1.807) is 0 Å². The van der Waals surface area contributed by atoms with Crippen LogP contribution in [0.1, 0.15) is 44.8 Å². The number of piperidine rings is 1. The molecule has 1 atom stereocenters. The summed E-state index contributed by atoms with van der Waals surface area (Å²) in [5.74, 6) is 3.49. The third kappa shape index (κ3) is 2.58. The van der Waals surface area contributed by atoms with E-state index in [0.717, 1.165) is 36.2 Å². The van der Waals surface area contributed by atoms with Gasteiger partial charge in [0.25, 0.3) is 0 Å². The lowest BCUT2D eigenvalue weighted by atomic mass is 9.91. The monoisotopic (exact) mass is 241 g/mol. The molecule has 0 aromatic carbocycles. The van der Waals surface area contributed by atoms with Crippen molar-refractivity contribution in [3.63, 3.8) is 0 Å². The van der Waals surface area contributed by atoms with Crippen LogP contribution in [0, 0.1) is 0 Å². The molecule has 1 aliphatic heterocycles. The van der Waals surface area contributed by atoms with Gasteiger partial charge in [-0.3, -0.25) is 0 Å². The quantitative estimate of drug-likeness (QED) is 0.876. The van der Waals surface area contributed by atoms with Crippen LogP contribution in [0.3, 0.4) is 0 Å². The van der Waals surface area contributed by atoms with Crippen LogP contribution >= 0.6 is 11.8 Å². The highest BCUT2D eigenvalue weighted by atomic mass is 32.2. The zero-order valence-corrected chi connectivity index (χ0v) is 10.8. The average molecular weight is 241 g/mol. The van der Waals surface area contributed by atoms with E-state index in [2.05, 4.69) is 29.3 Å². The number of hydrogen-bond acceptors (Lipinski definition) is 5. The fourth-order valence-electron chi connectivity index (χ4n) is 1.97. The number of aromatic nitrogens is 2. The SMILES string of the molecule is CCSCc1noc(C2(C)CCCCN2)n1. The summed E-state index contributed by atoms with van der Waals surface area (Å²) in [4.78, 5) is 4.48.